The Balaban J connectivity index is 2.02. The van der Waals surface area contributed by atoms with E-state index in [1.54, 1.807) is 11.0 Å². The second-order valence-corrected chi connectivity index (χ2v) is 7.14. The van der Waals surface area contributed by atoms with Crippen molar-refractivity contribution in [1.29, 1.82) is 0 Å². The minimum atomic E-state index is -0.313. The summed E-state index contributed by atoms with van der Waals surface area (Å²) in [6, 6.07) is 1.80. The molecule has 0 radical (unpaired) electrons. The van der Waals surface area contributed by atoms with E-state index in [2.05, 4.69) is 20.7 Å². The van der Waals surface area contributed by atoms with Crippen LogP contribution in [0.1, 0.15) is 29.6 Å². The number of thiophene rings is 1. The Labute approximate surface area is 136 Å². The Hall–Kier alpha value is -0.920. The first-order valence-corrected chi connectivity index (χ1v) is 8.49. The molecule has 21 heavy (non-hydrogen) atoms. The maximum absolute atomic E-state index is 12.6. The zero-order chi connectivity index (χ0) is 15.2. The Morgan fingerprint density at radius 2 is 2.38 bits per heavy atom. The number of esters is 1. The minimum Gasteiger partial charge on any atom is -0.469 e. The van der Waals surface area contributed by atoms with E-state index in [-0.39, 0.29) is 24.4 Å². The van der Waals surface area contributed by atoms with E-state index in [0.29, 0.717) is 18.7 Å². The number of carbonyl (C=O) groups excluding carboxylic acids is 2. The van der Waals surface area contributed by atoms with Crippen LogP contribution in [0.2, 0.25) is 0 Å². The molecular formula is C14H18BrNO4S. The topological polar surface area (TPSA) is 55.8 Å². The molecule has 0 spiro atoms. The molecule has 1 unspecified atom stereocenters. The molecule has 0 aliphatic carbocycles. The molecule has 1 aromatic rings. The monoisotopic (exact) mass is 375 g/mol. The van der Waals surface area contributed by atoms with Gasteiger partial charge in [0.25, 0.3) is 5.91 Å². The summed E-state index contributed by atoms with van der Waals surface area (Å²) < 4.78 is 11.2. The molecule has 1 aromatic heterocycles. The van der Waals surface area contributed by atoms with Crippen molar-refractivity contribution in [3.05, 3.63) is 20.8 Å². The molecule has 0 N–H and O–H groups in total. The SMILES string of the molecule is COC(=O)CCN(CC1CCCO1)C(=O)c1csc(Br)c1. The van der Waals surface area contributed by atoms with Gasteiger partial charge in [-0.3, -0.25) is 9.59 Å². The Morgan fingerprint density at radius 1 is 1.57 bits per heavy atom. The van der Waals surface area contributed by atoms with Crippen LogP contribution in [0.3, 0.4) is 0 Å². The van der Waals surface area contributed by atoms with Crippen molar-refractivity contribution in [2.24, 2.45) is 0 Å². The van der Waals surface area contributed by atoms with Crippen LogP contribution < -0.4 is 0 Å². The molecule has 5 nitrogen and oxygen atoms in total. The maximum Gasteiger partial charge on any atom is 0.307 e. The number of hydrogen-bond acceptors (Lipinski definition) is 5. The number of hydrogen-bond donors (Lipinski definition) is 0. The summed E-state index contributed by atoms with van der Waals surface area (Å²) in [6.07, 6.45) is 2.23. The van der Waals surface area contributed by atoms with E-state index in [1.165, 1.54) is 18.4 Å². The Bertz CT molecular complexity index is 499. The molecule has 1 fully saturated rings. The molecular weight excluding hydrogens is 358 g/mol. The number of amides is 1. The third-order valence-corrected chi connectivity index (χ3v) is 4.87. The van der Waals surface area contributed by atoms with Gasteiger partial charge >= 0.3 is 5.97 Å². The van der Waals surface area contributed by atoms with Crippen molar-refractivity contribution in [2.75, 3.05) is 26.8 Å². The van der Waals surface area contributed by atoms with Crippen LogP contribution in [-0.2, 0) is 14.3 Å². The van der Waals surface area contributed by atoms with Gasteiger partial charge in [0, 0.05) is 25.1 Å². The van der Waals surface area contributed by atoms with Gasteiger partial charge in [-0.1, -0.05) is 0 Å². The molecule has 2 heterocycles. The molecule has 116 valence electrons. The lowest BCUT2D eigenvalue weighted by atomic mass is 10.2. The zero-order valence-corrected chi connectivity index (χ0v) is 14.2. The van der Waals surface area contributed by atoms with Gasteiger partial charge in [0.15, 0.2) is 0 Å². The molecule has 0 bridgehead atoms. The van der Waals surface area contributed by atoms with E-state index in [0.717, 1.165) is 23.2 Å². The van der Waals surface area contributed by atoms with Gasteiger partial charge < -0.3 is 14.4 Å². The van der Waals surface area contributed by atoms with Gasteiger partial charge in [0.2, 0.25) is 0 Å². The van der Waals surface area contributed by atoms with Crippen molar-refractivity contribution >= 4 is 39.1 Å². The molecule has 1 aliphatic rings. The van der Waals surface area contributed by atoms with Gasteiger partial charge in [-0.05, 0) is 34.8 Å². The largest absolute Gasteiger partial charge is 0.469 e. The maximum atomic E-state index is 12.6. The highest BCUT2D eigenvalue weighted by molar-refractivity contribution is 9.11. The highest BCUT2D eigenvalue weighted by Crippen LogP contribution is 2.23. The summed E-state index contributed by atoms with van der Waals surface area (Å²) in [5.41, 5.74) is 0.634. The van der Waals surface area contributed by atoms with Gasteiger partial charge in [0.05, 0.1) is 29.0 Å². The smallest absolute Gasteiger partial charge is 0.307 e. The van der Waals surface area contributed by atoms with Gasteiger partial charge in [-0.15, -0.1) is 11.3 Å². The molecule has 1 amide bonds. The lowest BCUT2D eigenvalue weighted by Crippen LogP contribution is -2.38. The summed E-state index contributed by atoms with van der Waals surface area (Å²) in [5, 5.41) is 1.81. The molecule has 0 aromatic carbocycles. The summed E-state index contributed by atoms with van der Waals surface area (Å²) >= 11 is 4.83. The van der Waals surface area contributed by atoms with E-state index < -0.39 is 0 Å². The first kappa shape index (κ1) is 16.5. The third-order valence-electron chi connectivity index (χ3n) is 3.36. The zero-order valence-electron chi connectivity index (χ0n) is 11.8. The van der Waals surface area contributed by atoms with Crippen LogP contribution in [0, 0.1) is 0 Å². The molecule has 1 aliphatic heterocycles. The molecule has 1 saturated heterocycles. The van der Waals surface area contributed by atoms with E-state index >= 15 is 0 Å². The van der Waals surface area contributed by atoms with Crippen LogP contribution in [0.15, 0.2) is 15.2 Å². The fraction of sp³-hybridized carbons (Fsp3) is 0.571. The van der Waals surface area contributed by atoms with Gasteiger partial charge in [0.1, 0.15) is 0 Å². The summed E-state index contributed by atoms with van der Waals surface area (Å²) in [6.45, 7) is 1.61. The third kappa shape index (κ3) is 4.79. The average molecular weight is 376 g/mol. The number of methoxy groups -OCH3 is 1. The standard InChI is InChI=1S/C14H18BrNO4S/c1-19-13(17)4-5-16(8-11-3-2-6-20-11)14(18)10-7-12(15)21-9-10/h7,9,11H,2-6,8H2,1H3. The second kappa shape index (κ2) is 7.91. The van der Waals surface area contributed by atoms with Crippen molar-refractivity contribution in [3.8, 4) is 0 Å². The first-order valence-electron chi connectivity index (χ1n) is 6.82. The summed E-state index contributed by atoms with van der Waals surface area (Å²) in [4.78, 5) is 25.6. The van der Waals surface area contributed by atoms with Crippen molar-refractivity contribution in [3.63, 3.8) is 0 Å². The highest BCUT2D eigenvalue weighted by atomic mass is 79.9. The fourth-order valence-electron chi connectivity index (χ4n) is 2.24. The number of halogens is 1. The minimum absolute atomic E-state index is 0.0636. The van der Waals surface area contributed by atoms with Gasteiger partial charge in [-0.25, -0.2) is 0 Å². The van der Waals surface area contributed by atoms with Crippen LogP contribution in [0.5, 0.6) is 0 Å². The number of carbonyl (C=O) groups is 2. The predicted molar refractivity (Wildman–Crippen MR) is 83.5 cm³/mol. The molecule has 0 saturated carbocycles. The molecule has 2 rings (SSSR count). The Kier molecular flexibility index (Phi) is 6.20. The number of ether oxygens (including phenoxy) is 2. The van der Waals surface area contributed by atoms with Crippen LogP contribution in [0.4, 0.5) is 0 Å². The average Bonchev–Trinajstić information content (AvgIpc) is 3.13. The van der Waals surface area contributed by atoms with Crippen molar-refractivity contribution in [1.82, 2.24) is 4.90 Å². The Morgan fingerprint density at radius 3 is 2.95 bits per heavy atom. The second-order valence-electron chi connectivity index (χ2n) is 4.85. The lowest BCUT2D eigenvalue weighted by Gasteiger charge is -2.24. The van der Waals surface area contributed by atoms with Crippen LogP contribution >= 0.6 is 27.3 Å². The first-order chi connectivity index (χ1) is 10.1. The fourth-order valence-corrected chi connectivity index (χ4v) is 3.37. The number of nitrogens with zero attached hydrogens (tertiary/aromatic N) is 1. The summed E-state index contributed by atoms with van der Waals surface area (Å²) in [5.74, 6) is -0.386. The van der Waals surface area contributed by atoms with E-state index in [1.807, 2.05) is 5.38 Å². The highest BCUT2D eigenvalue weighted by Gasteiger charge is 2.24. The van der Waals surface area contributed by atoms with Crippen molar-refractivity contribution < 1.29 is 19.1 Å². The van der Waals surface area contributed by atoms with Crippen molar-refractivity contribution in [2.45, 2.75) is 25.4 Å². The normalized spacial score (nSPS) is 17.7. The van der Waals surface area contributed by atoms with Gasteiger partial charge in [-0.2, -0.15) is 0 Å². The van der Waals surface area contributed by atoms with E-state index in [9.17, 15) is 9.59 Å². The quantitative estimate of drug-likeness (QED) is 0.717. The van der Waals surface area contributed by atoms with Crippen LogP contribution in [0.25, 0.3) is 0 Å². The van der Waals surface area contributed by atoms with Crippen LogP contribution in [-0.4, -0.2) is 49.7 Å². The molecule has 1 atom stereocenters. The predicted octanol–water partition coefficient (Wildman–Crippen LogP) is 2.69. The lowest BCUT2D eigenvalue weighted by molar-refractivity contribution is -0.140. The molecule has 7 heteroatoms. The number of rotatable bonds is 6. The van der Waals surface area contributed by atoms with E-state index in [4.69, 9.17) is 4.74 Å². The summed E-state index contributed by atoms with van der Waals surface area (Å²) in [7, 11) is 1.35.